The average molecular weight is 276 g/mol. The van der Waals surface area contributed by atoms with Crippen molar-refractivity contribution >= 4 is 5.69 Å². The summed E-state index contributed by atoms with van der Waals surface area (Å²) in [5.74, 6) is 0. The minimum atomic E-state index is -0.294. The lowest BCUT2D eigenvalue weighted by Crippen LogP contribution is -2.34. The summed E-state index contributed by atoms with van der Waals surface area (Å²) >= 11 is 0. The van der Waals surface area contributed by atoms with E-state index in [-0.39, 0.29) is 10.6 Å². The van der Waals surface area contributed by atoms with Gasteiger partial charge in [-0.15, -0.1) is 0 Å². The van der Waals surface area contributed by atoms with E-state index in [1.807, 2.05) is 12.1 Å². The third-order valence-electron chi connectivity index (χ3n) is 4.37. The van der Waals surface area contributed by atoms with Crippen molar-refractivity contribution in [2.45, 2.75) is 45.4 Å². The van der Waals surface area contributed by atoms with Crippen LogP contribution in [0.4, 0.5) is 5.69 Å². The van der Waals surface area contributed by atoms with Crippen LogP contribution in [0, 0.1) is 15.5 Å². The number of rotatable bonds is 6. The van der Waals surface area contributed by atoms with Gasteiger partial charge in [-0.3, -0.25) is 10.1 Å². The highest BCUT2D eigenvalue weighted by molar-refractivity contribution is 5.39. The van der Waals surface area contributed by atoms with E-state index >= 15 is 0 Å². The van der Waals surface area contributed by atoms with Crippen molar-refractivity contribution in [3.63, 3.8) is 0 Å². The van der Waals surface area contributed by atoms with Gasteiger partial charge in [0.05, 0.1) is 4.92 Å². The third-order valence-corrected chi connectivity index (χ3v) is 4.37. The lowest BCUT2D eigenvalue weighted by atomic mass is 9.76. The summed E-state index contributed by atoms with van der Waals surface area (Å²) in [6.45, 7) is 4.18. The summed E-state index contributed by atoms with van der Waals surface area (Å²) in [6.07, 6.45) is 7.35. The molecule has 110 valence electrons. The first-order valence-electron chi connectivity index (χ1n) is 7.54. The number of para-hydroxylation sites is 1. The van der Waals surface area contributed by atoms with Crippen LogP contribution in [0.25, 0.3) is 0 Å². The van der Waals surface area contributed by atoms with Gasteiger partial charge in [-0.2, -0.15) is 0 Å². The van der Waals surface area contributed by atoms with Gasteiger partial charge in [0, 0.05) is 18.2 Å². The average Bonchev–Trinajstić information content (AvgIpc) is 2.45. The van der Waals surface area contributed by atoms with Crippen LogP contribution in [0.3, 0.4) is 0 Å². The molecule has 0 radical (unpaired) electrons. The zero-order valence-electron chi connectivity index (χ0n) is 12.2. The number of nitrogens with zero attached hydrogens (tertiary/aromatic N) is 1. The van der Waals surface area contributed by atoms with Crippen molar-refractivity contribution < 1.29 is 4.92 Å². The Morgan fingerprint density at radius 1 is 1.25 bits per heavy atom. The minimum absolute atomic E-state index is 0.234. The van der Waals surface area contributed by atoms with Crippen LogP contribution in [-0.2, 0) is 6.42 Å². The zero-order chi connectivity index (χ0) is 14.4. The van der Waals surface area contributed by atoms with Crippen molar-refractivity contribution in [3.8, 4) is 0 Å². The summed E-state index contributed by atoms with van der Waals surface area (Å²) in [6, 6.07) is 7.02. The number of hydrogen-bond donors (Lipinski definition) is 1. The second kappa shape index (κ2) is 6.84. The molecule has 2 rings (SSSR count). The third kappa shape index (κ3) is 4.04. The highest BCUT2D eigenvalue weighted by Gasteiger charge is 2.26. The molecule has 20 heavy (non-hydrogen) atoms. The van der Waals surface area contributed by atoms with Crippen molar-refractivity contribution in [2.75, 3.05) is 13.1 Å². The number of nitro groups is 1. The molecule has 0 spiro atoms. The maximum Gasteiger partial charge on any atom is 0.272 e. The van der Waals surface area contributed by atoms with Crippen LogP contribution in [0.5, 0.6) is 0 Å². The Labute approximate surface area is 120 Å². The van der Waals surface area contributed by atoms with E-state index in [4.69, 9.17) is 0 Å². The smallest absolute Gasteiger partial charge is 0.272 e. The van der Waals surface area contributed by atoms with Crippen LogP contribution in [0.2, 0.25) is 0 Å². The molecule has 0 unspecified atom stereocenters. The predicted molar refractivity (Wildman–Crippen MR) is 80.9 cm³/mol. The quantitative estimate of drug-likeness (QED) is 0.489. The summed E-state index contributed by atoms with van der Waals surface area (Å²) in [5.41, 5.74) is 1.47. The second-order valence-electron chi connectivity index (χ2n) is 6.18. The molecule has 1 aliphatic rings. The highest BCUT2D eigenvalue weighted by atomic mass is 16.6. The number of hydrogen-bond acceptors (Lipinski definition) is 3. The number of benzene rings is 1. The lowest BCUT2D eigenvalue weighted by molar-refractivity contribution is -0.385. The van der Waals surface area contributed by atoms with E-state index in [1.54, 1.807) is 12.1 Å². The monoisotopic (exact) mass is 276 g/mol. The molecule has 0 saturated heterocycles. The zero-order valence-corrected chi connectivity index (χ0v) is 12.2. The van der Waals surface area contributed by atoms with Crippen molar-refractivity contribution in [3.05, 3.63) is 39.9 Å². The van der Waals surface area contributed by atoms with Gasteiger partial charge in [0.15, 0.2) is 0 Å². The minimum Gasteiger partial charge on any atom is -0.316 e. The molecule has 4 nitrogen and oxygen atoms in total. The summed E-state index contributed by atoms with van der Waals surface area (Å²) in [7, 11) is 0. The Morgan fingerprint density at radius 2 is 1.95 bits per heavy atom. The Morgan fingerprint density at radius 3 is 2.65 bits per heavy atom. The van der Waals surface area contributed by atoms with Gasteiger partial charge in [-0.05, 0) is 31.2 Å². The Kier molecular flexibility index (Phi) is 5.12. The molecule has 1 N–H and O–H groups in total. The van der Waals surface area contributed by atoms with E-state index in [9.17, 15) is 10.1 Å². The maximum atomic E-state index is 10.9. The van der Waals surface area contributed by atoms with Crippen LogP contribution >= 0.6 is 0 Å². The van der Waals surface area contributed by atoms with E-state index in [1.165, 1.54) is 32.1 Å². The van der Waals surface area contributed by atoms with Gasteiger partial charge in [-0.1, -0.05) is 44.4 Å². The molecule has 1 fully saturated rings. The SMILES string of the molecule is CC1(CNCCc2ccccc2[N+](=O)[O-])CCCCC1. The summed E-state index contributed by atoms with van der Waals surface area (Å²) < 4.78 is 0. The van der Waals surface area contributed by atoms with Crippen molar-refractivity contribution in [1.82, 2.24) is 5.32 Å². The van der Waals surface area contributed by atoms with Crippen LogP contribution in [-0.4, -0.2) is 18.0 Å². The van der Waals surface area contributed by atoms with Gasteiger partial charge in [0.2, 0.25) is 0 Å². The van der Waals surface area contributed by atoms with Crippen LogP contribution in [0.1, 0.15) is 44.6 Å². The number of nitro benzene ring substituents is 1. The molecular formula is C16H24N2O2. The lowest BCUT2D eigenvalue weighted by Gasteiger charge is -2.33. The highest BCUT2D eigenvalue weighted by Crippen LogP contribution is 2.34. The molecule has 1 saturated carbocycles. The normalized spacial score (nSPS) is 17.9. The van der Waals surface area contributed by atoms with E-state index in [0.29, 0.717) is 11.8 Å². The van der Waals surface area contributed by atoms with E-state index < -0.39 is 0 Å². The molecule has 0 heterocycles. The van der Waals surface area contributed by atoms with Crippen molar-refractivity contribution in [2.24, 2.45) is 5.41 Å². The molecule has 0 aromatic heterocycles. The number of nitrogens with one attached hydrogen (secondary N) is 1. The molecular weight excluding hydrogens is 252 g/mol. The van der Waals surface area contributed by atoms with Crippen LogP contribution in [0.15, 0.2) is 24.3 Å². The molecule has 0 bridgehead atoms. The predicted octanol–water partition coefficient (Wildman–Crippen LogP) is 3.70. The molecule has 1 aromatic rings. The first-order chi connectivity index (χ1) is 9.61. The van der Waals surface area contributed by atoms with Crippen LogP contribution < -0.4 is 5.32 Å². The van der Waals surface area contributed by atoms with Gasteiger partial charge in [-0.25, -0.2) is 0 Å². The standard InChI is InChI=1S/C16H24N2O2/c1-16(10-5-2-6-11-16)13-17-12-9-14-7-3-4-8-15(14)18(19)20/h3-4,7-8,17H,2,5-6,9-13H2,1H3. The fourth-order valence-electron chi connectivity index (χ4n) is 3.10. The molecule has 0 amide bonds. The second-order valence-corrected chi connectivity index (χ2v) is 6.18. The molecule has 1 aliphatic carbocycles. The molecule has 0 aliphatic heterocycles. The van der Waals surface area contributed by atoms with Crippen molar-refractivity contribution in [1.29, 1.82) is 0 Å². The molecule has 4 heteroatoms. The Balaban J connectivity index is 1.80. The molecule has 0 atom stereocenters. The Bertz CT molecular complexity index is 454. The molecule has 1 aromatic carbocycles. The van der Waals surface area contributed by atoms with Gasteiger partial charge in [0.25, 0.3) is 5.69 Å². The fourth-order valence-corrected chi connectivity index (χ4v) is 3.10. The maximum absolute atomic E-state index is 10.9. The van der Waals surface area contributed by atoms with E-state index in [2.05, 4.69) is 12.2 Å². The summed E-state index contributed by atoms with van der Waals surface area (Å²) in [4.78, 5) is 10.6. The van der Waals surface area contributed by atoms with E-state index in [0.717, 1.165) is 18.7 Å². The first kappa shape index (κ1) is 15.0. The van der Waals surface area contributed by atoms with Gasteiger partial charge < -0.3 is 5.32 Å². The summed E-state index contributed by atoms with van der Waals surface area (Å²) in [5, 5.41) is 14.4. The largest absolute Gasteiger partial charge is 0.316 e. The topological polar surface area (TPSA) is 55.2 Å². The Hall–Kier alpha value is -1.42. The van der Waals surface area contributed by atoms with Gasteiger partial charge >= 0.3 is 0 Å². The first-order valence-corrected chi connectivity index (χ1v) is 7.54. The fraction of sp³-hybridized carbons (Fsp3) is 0.625. The van der Waals surface area contributed by atoms with Gasteiger partial charge in [0.1, 0.15) is 0 Å².